The highest BCUT2D eigenvalue weighted by atomic mass is 16.5. The van der Waals surface area contributed by atoms with Gasteiger partial charge in [-0.15, -0.1) is 0 Å². The van der Waals surface area contributed by atoms with Crippen LogP contribution in [0.5, 0.6) is 5.88 Å². The number of aromatic nitrogens is 1. The van der Waals surface area contributed by atoms with Crippen molar-refractivity contribution in [3.05, 3.63) is 30.1 Å². The van der Waals surface area contributed by atoms with E-state index in [-0.39, 0.29) is 11.6 Å². The lowest BCUT2D eigenvalue weighted by Gasteiger charge is -2.17. The van der Waals surface area contributed by atoms with Crippen LogP contribution < -0.4 is 10.1 Å². The zero-order valence-corrected chi connectivity index (χ0v) is 8.39. The summed E-state index contributed by atoms with van der Waals surface area (Å²) in [5.41, 5.74) is 0.546. The molecule has 0 saturated carbocycles. The molecule has 0 spiro atoms. The summed E-state index contributed by atoms with van der Waals surface area (Å²) in [6.07, 6.45) is 2.53. The maximum absolute atomic E-state index is 11.4. The van der Waals surface area contributed by atoms with Gasteiger partial charge in [0.1, 0.15) is 11.4 Å². The molecule has 0 saturated heterocycles. The van der Waals surface area contributed by atoms with E-state index in [2.05, 4.69) is 15.0 Å². The highest BCUT2D eigenvalue weighted by Gasteiger charge is 2.23. The van der Waals surface area contributed by atoms with Crippen molar-refractivity contribution in [2.75, 3.05) is 12.4 Å². The topological polar surface area (TPSA) is 77.5 Å². The van der Waals surface area contributed by atoms with Crippen LogP contribution in [0.3, 0.4) is 0 Å². The molecule has 16 heavy (non-hydrogen) atoms. The first-order chi connectivity index (χ1) is 7.70. The first-order valence-electron chi connectivity index (χ1n) is 4.44. The number of hydrogen-bond acceptors (Lipinski definition) is 6. The fourth-order valence-corrected chi connectivity index (χ4v) is 1.18. The molecule has 6 nitrogen and oxygen atoms in total. The zero-order chi connectivity index (χ0) is 11.5. The number of fused-ring (bicyclic) bond motifs is 1. The maximum Gasteiger partial charge on any atom is 0.361 e. The quantitative estimate of drug-likeness (QED) is 0.547. The molecular weight excluding hydrogens is 212 g/mol. The van der Waals surface area contributed by atoms with Gasteiger partial charge in [0.15, 0.2) is 0 Å². The van der Waals surface area contributed by atoms with E-state index in [4.69, 9.17) is 4.74 Å². The van der Waals surface area contributed by atoms with E-state index in [1.54, 1.807) is 12.1 Å². The van der Waals surface area contributed by atoms with Gasteiger partial charge in [0.05, 0.1) is 13.2 Å². The van der Waals surface area contributed by atoms with E-state index >= 15 is 0 Å². The van der Waals surface area contributed by atoms with Crippen LogP contribution in [0.25, 0.3) is 0 Å². The fourth-order valence-electron chi connectivity index (χ4n) is 1.18. The molecule has 1 aliphatic heterocycles. The van der Waals surface area contributed by atoms with Crippen LogP contribution in [0.4, 0.5) is 5.69 Å². The highest BCUT2D eigenvalue weighted by Crippen LogP contribution is 2.27. The minimum Gasteiger partial charge on any atom is -0.466 e. The first-order valence-corrected chi connectivity index (χ1v) is 4.44. The average molecular weight is 220 g/mol. The van der Waals surface area contributed by atoms with Crippen LogP contribution in [-0.4, -0.2) is 24.0 Å². The maximum atomic E-state index is 11.4. The third-order valence-electron chi connectivity index (χ3n) is 1.91. The van der Waals surface area contributed by atoms with E-state index in [1.807, 2.05) is 0 Å². The number of nitrogens with zero attached hydrogens (tertiary/aromatic N) is 1. The standard InChI is InChI=1S/C10H8N2O4/c1-15-8(13)5-7-10(14)16-9-6(12-7)3-2-4-11-9/h2-5,12H,1H3/b7-5+. The van der Waals surface area contributed by atoms with Crippen LogP contribution in [-0.2, 0) is 14.3 Å². The molecular formula is C10H8N2O4. The molecule has 82 valence electrons. The summed E-state index contributed by atoms with van der Waals surface area (Å²) in [5.74, 6) is -1.11. The van der Waals surface area contributed by atoms with Gasteiger partial charge in [0.25, 0.3) is 0 Å². The van der Waals surface area contributed by atoms with Gasteiger partial charge >= 0.3 is 11.9 Å². The lowest BCUT2D eigenvalue weighted by molar-refractivity contribution is -0.136. The number of carbonyl (C=O) groups excluding carboxylic acids is 2. The summed E-state index contributed by atoms with van der Waals surface area (Å²) in [7, 11) is 1.23. The molecule has 0 aromatic carbocycles. The second-order valence-corrected chi connectivity index (χ2v) is 2.95. The van der Waals surface area contributed by atoms with E-state index in [1.165, 1.54) is 13.3 Å². The number of methoxy groups -OCH3 is 1. The molecule has 1 aliphatic rings. The Hall–Kier alpha value is -2.37. The molecule has 0 amide bonds. The van der Waals surface area contributed by atoms with Gasteiger partial charge < -0.3 is 14.8 Å². The molecule has 0 radical (unpaired) electrons. The smallest absolute Gasteiger partial charge is 0.361 e. The van der Waals surface area contributed by atoms with E-state index < -0.39 is 11.9 Å². The summed E-state index contributed by atoms with van der Waals surface area (Å²) < 4.78 is 9.31. The second kappa shape index (κ2) is 4.01. The average Bonchev–Trinajstić information content (AvgIpc) is 2.30. The molecule has 1 aromatic rings. The van der Waals surface area contributed by atoms with Crippen molar-refractivity contribution in [1.82, 2.24) is 4.98 Å². The minimum atomic E-state index is -0.670. The van der Waals surface area contributed by atoms with Crippen molar-refractivity contribution in [1.29, 1.82) is 0 Å². The molecule has 1 aromatic heterocycles. The zero-order valence-electron chi connectivity index (χ0n) is 8.39. The van der Waals surface area contributed by atoms with Gasteiger partial charge in [-0.05, 0) is 12.1 Å². The summed E-state index contributed by atoms with van der Waals surface area (Å²) in [6.45, 7) is 0. The van der Waals surface area contributed by atoms with Gasteiger partial charge in [0.2, 0.25) is 5.88 Å². The van der Waals surface area contributed by atoms with Crippen LogP contribution in [0.1, 0.15) is 0 Å². The molecule has 2 heterocycles. The van der Waals surface area contributed by atoms with Gasteiger partial charge in [0, 0.05) is 6.20 Å². The summed E-state index contributed by atoms with van der Waals surface area (Å²) >= 11 is 0. The fraction of sp³-hybridized carbons (Fsp3) is 0.100. The van der Waals surface area contributed by atoms with Crippen molar-refractivity contribution in [2.45, 2.75) is 0 Å². The number of rotatable bonds is 1. The predicted octanol–water partition coefficient (Wildman–Crippen LogP) is 0.469. The Balaban J connectivity index is 2.31. The third-order valence-corrected chi connectivity index (χ3v) is 1.91. The van der Waals surface area contributed by atoms with Gasteiger partial charge in [-0.1, -0.05) is 0 Å². The Morgan fingerprint density at radius 3 is 3.19 bits per heavy atom. The molecule has 0 unspecified atom stereocenters. The molecule has 6 heteroatoms. The third kappa shape index (κ3) is 1.85. The summed E-state index contributed by atoms with van der Waals surface area (Å²) in [5, 5.41) is 2.74. The Kier molecular flexibility index (Phi) is 2.55. The molecule has 2 rings (SSSR count). The first kappa shape index (κ1) is 10.2. The lowest BCUT2D eigenvalue weighted by atomic mass is 10.3. The molecule has 0 aliphatic carbocycles. The van der Waals surface area contributed by atoms with Gasteiger partial charge in [-0.25, -0.2) is 14.6 Å². The van der Waals surface area contributed by atoms with Crippen LogP contribution in [0.2, 0.25) is 0 Å². The Morgan fingerprint density at radius 1 is 1.62 bits per heavy atom. The highest BCUT2D eigenvalue weighted by molar-refractivity contribution is 6.01. The molecule has 0 bridgehead atoms. The van der Waals surface area contributed by atoms with Crippen LogP contribution in [0.15, 0.2) is 30.1 Å². The Morgan fingerprint density at radius 2 is 2.44 bits per heavy atom. The molecule has 0 atom stereocenters. The number of hydrogen-bond donors (Lipinski definition) is 1. The number of nitrogens with one attached hydrogen (secondary N) is 1. The van der Waals surface area contributed by atoms with Crippen LogP contribution >= 0.6 is 0 Å². The largest absolute Gasteiger partial charge is 0.466 e. The Labute approximate surface area is 90.9 Å². The van der Waals surface area contributed by atoms with E-state index in [0.717, 1.165) is 6.08 Å². The van der Waals surface area contributed by atoms with Crippen molar-refractivity contribution < 1.29 is 19.1 Å². The monoisotopic (exact) mass is 220 g/mol. The van der Waals surface area contributed by atoms with Crippen molar-refractivity contribution in [3.63, 3.8) is 0 Å². The predicted molar refractivity (Wildman–Crippen MR) is 53.6 cm³/mol. The van der Waals surface area contributed by atoms with Crippen LogP contribution in [0, 0.1) is 0 Å². The normalized spacial score (nSPS) is 16.1. The Bertz CT molecular complexity index is 481. The number of esters is 2. The SMILES string of the molecule is COC(=O)/C=C1/Nc2cccnc2OC1=O. The lowest BCUT2D eigenvalue weighted by Crippen LogP contribution is -2.24. The van der Waals surface area contributed by atoms with Crippen molar-refractivity contribution in [2.24, 2.45) is 0 Å². The van der Waals surface area contributed by atoms with Crippen molar-refractivity contribution in [3.8, 4) is 5.88 Å². The second-order valence-electron chi connectivity index (χ2n) is 2.95. The number of ether oxygens (including phenoxy) is 2. The minimum absolute atomic E-state index is 0.0207. The summed E-state index contributed by atoms with van der Waals surface area (Å²) in [4.78, 5) is 26.2. The summed E-state index contributed by atoms with van der Waals surface area (Å²) in [6, 6.07) is 3.36. The molecule has 1 N–H and O–H groups in total. The van der Waals surface area contributed by atoms with E-state index in [9.17, 15) is 9.59 Å². The number of pyridine rings is 1. The van der Waals surface area contributed by atoms with E-state index in [0.29, 0.717) is 5.69 Å². The van der Waals surface area contributed by atoms with Crippen molar-refractivity contribution >= 4 is 17.6 Å². The van der Waals surface area contributed by atoms with Gasteiger partial charge in [-0.3, -0.25) is 0 Å². The van der Waals surface area contributed by atoms with Gasteiger partial charge in [-0.2, -0.15) is 0 Å². The number of anilines is 1. The number of carbonyl (C=O) groups is 2. The molecule has 0 fully saturated rings.